The van der Waals surface area contributed by atoms with Gasteiger partial charge in [0.25, 0.3) is 0 Å². The summed E-state index contributed by atoms with van der Waals surface area (Å²) in [6.07, 6.45) is 1.60. The Hall–Kier alpha value is -2.03. The number of hydrogen-bond donors (Lipinski definition) is 2. The first kappa shape index (κ1) is 8.56. The fraction of sp³-hybridized carbons (Fsp3) is 0. The number of pyridine rings is 1. The highest BCUT2D eigenvalue weighted by molar-refractivity contribution is 5.76. The van der Waals surface area contributed by atoms with E-state index in [1.165, 1.54) is 0 Å². The van der Waals surface area contributed by atoms with E-state index < -0.39 is 0 Å². The highest BCUT2D eigenvalue weighted by atomic mass is 16.3. The number of benzene rings is 1. The van der Waals surface area contributed by atoms with Crippen molar-refractivity contribution in [2.75, 3.05) is 5.73 Å². The highest BCUT2D eigenvalue weighted by Gasteiger charge is 2.06. The van der Waals surface area contributed by atoms with Gasteiger partial charge in [0, 0.05) is 17.8 Å². The number of phenolic OH excluding ortho intramolecular Hbond substituents is 1. The summed E-state index contributed by atoms with van der Waals surface area (Å²) in [6.45, 7) is 0. The van der Waals surface area contributed by atoms with Crippen LogP contribution in [0.25, 0.3) is 11.3 Å². The van der Waals surface area contributed by atoms with Gasteiger partial charge in [0.1, 0.15) is 5.75 Å². The van der Waals surface area contributed by atoms with Crippen LogP contribution >= 0.6 is 0 Å². The lowest BCUT2D eigenvalue weighted by atomic mass is 10.1. The molecule has 0 fully saturated rings. The third-order valence-electron chi connectivity index (χ3n) is 1.93. The molecule has 0 aliphatic heterocycles. The standard InChI is InChI=1S/C11H9N2O/c12-9-5-3-7-13-11(9)8-4-1-2-6-10(8)14/h1-4,6-7,14H,12H2. The number of nitrogen functional groups attached to an aromatic ring is 1. The molecule has 3 N–H and O–H groups in total. The molecule has 3 nitrogen and oxygen atoms in total. The van der Waals surface area contributed by atoms with Crippen LogP contribution in [0.4, 0.5) is 5.69 Å². The van der Waals surface area contributed by atoms with Crippen molar-refractivity contribution in [1.82, 2.24) is 4.98 Å². The van der Waals surface area contributed by atoms with Gasteiger partial charge in [-0.25, -0.2) is 0 Å². The third-order valence-corrected chi connectivity index (χ3v) is 1.93. The van der Waals surface area contributed by atoms with Crippen LogP contribution in [0.5, 0.6) is 5.75 Å². The maximum Gasteiger partial charge on any atom is 0.125 e. The summed E-state index contributed by atoms with van der Waals surface area (Å²) >= 11 is 0. The van der Waals surface area contributed by atoms with Crippen molar-refractivity contribution < 1.29 is 5.11 Å². The summed E-state index contributed by atoms with van der Waals surface area (Å²) in [6, 6.07) is 11.4. The number of nitrogens with two attached hydrogens (primary N) is 1. The number of anilines is 1. The average molecular weight is 185 g/mol. The Balaban J connectivity index is 2.61. The van der Waals surface area contributed by atoms with Crippen molar-refractivity contribution in [3.63, 3.8) is 0 Å². The van der Waals surface area contributed by atoms with Gasteiger partial charge in [0.05, 0.1) is 11.4 Å². The summed E-state index contributed by atoms with van der Waals surface area (Å²) in [4.78, 5) is 4.09. The zero-order valence-corrected chi connectivity index (χ0v) is 7.44. The topological polar surface area (TPSA) is 59.1 Å². The number of aromatic nitrogens is 1. The summed E-state index contributed by atoms with van der Waals surface area (Å²) in [5.74, 6) is 0.173. The second-order valence-electron chi connectivity index (χ2n) is 2.87. The number of nitrogens with zero attached hydrogens (tertiary/aromatic N) is 1. The Morgan fingerprint density at radius 3 is 2.79 bits per heavy atom. The Morgan fingerprint density at radius 2 is 2.07 bits per heavy atom. The molecule has 0 atom stereocenters. The van der Waals surface area contributed by atoms with Crippen LogP contribution in [-0.2, 0) is 0 Å². The Kier molecular flexibility index (Phi) is 2.07. The maximum absolute atomic E-state index is 9.58. The molecule has 1 aromatic heterocycles. The first-order chi connectivity index (χ1) is 6.79. The zero-order chi connectivity index (χ0) is 9.97. The van der Waals surface area contributed by atoms with E-state index >= 15 is 0 Å². The van der Waals surface area contributed by atoms with E-state index in [0.29, 0.717) is 16.9 Å². The highest BCUT2D eigenvalue weighted by Crippen LogP contribution is 2.29. The van der Waals surface area contributed by atoms with Crippen molar-refractivity contribution in [2.45, 2.75) is 0 Å². The minimum atomic E-state index is 0.173. The normalized spacial score (nSPS) is 10.0. The van der Waals surface area contributed by atoms with Gasteiger partial charge in [-0.2, -0.15) is 0 Å². The molecule has 0 saturated heterocycles. The fourth-order valence-electron chi connectivity index (χ4n) is 1.27. The molecule has 0 aliphatic rings. The third kappa shape index (κ3) is 1.40. The largest absolute Gasteiger partial charge is 0.507 e. The molecule has 1 heterocycles. The van der Waals surface area contributed by atoms with E-state index in [-0.39, 0.29) is 5.75 Å². The molecule has 69 valence electrons. The van der Waals surface area contributed by atoms with Crippen molar-refractivity contribution in [2.24, 2.45) is 0 Å². The summed E-state index contributed by atoms with van der Waals surface area (Å²) in [5.41, 5.74) is 7.32. The van der Waals surface area contributed by atoms with Crippen LogP contribution in [0, 0.1) is 6.07 Å². The van der Waals surface area contributed by atoms with Gasteiger partial charge in [0.2, 0.25) is 0 Å². The number of para-hydroxylation sites is 1. The van der Waals surface area contributed by atoms with Gasteiger partial charge >= 0.3 is 0 Å². The number of hydrogen-bond acceptors (Lipinski definition) is 3. The Bertz CT molecular complexity index is 411. The van der Waals surface area contributed by atoms with Crippen LogP contribution < -0.4 is 5.73 Å². The van der Waals surface area contributed by atoms with E-state index in [4.69, 9.17) is 5.73 Å². The molecule has 0 spiro atoms. The van der Waals surface area contributed by atoms with E-state index in [9.17, 15) is 5.11 Å². The monoisotopic (exact) mass is 185 g/mol. The van der Waals surface area contributed by atoms with Gasteiger partial charge in [-0.1, -0.05) is 12.1 Å². The van der Waals surface area contributed by atoms with E-state index in [0.717, 1.165) is 0 Å². The number of aromatic hydroxyl groups is 1. The van der Waals surface area contributed by atoms with Crippen molar-refractivity contribution in [3.8, 4) is 17.0 Å². The number of phenols is 1. The zero-order valence-electron chi connectivity index (χ0n) is 7.44. The van der Waals surface area contributed by atoms with Crippen LogP contribution in [0.1, 0.15) is 0 Å². The van der Waals surface area contributed by atoms with Crippen LogP contribution in [0.3, 0.4) is 0 Å². The van der Waals surface area contributed by atoms with Crippen molar-refractivity contribution in [3.05, 3.63) is 42.6 Å². The van der Waals surface area contributed by atoms with E-state index in [1.807, 2.05) is 6.07 Å². The average Bonchev–Trinajstić information content (AvgIpc) is 2.20. The Labute approximate surface area is 81.8 Å². The van der Waals surface area contributed by atoms with Crippen LogP contribution in [0.15, 0.2) is 36.5 Å². The van der Waals surface area contributed by atoms with Gasteiger partial charge in [-0.15, -0.1) is 0 Å². The Morgan fingerprint density at radius 1 is 1.29 bits per heavy atom. The second kappa shape index (κ2) is 3.38. The maximum atomic E-state index is 9.58. The molecule has 2 rings (SSSR count). The molecule has 0 unspecified atom stereocenters. The molecular formula is C11H9N2O. The quantitative estimate of drug-likeness (QED) is 0.712. The molecule has 0 amide bonds. The van der Waals surface area contributed by atoms with Crippen molar-refractivity contribution >= 4 is 5.69 Å². The summed E-state index contributed by atoms with van der Waals surface area (Å²) in [7, 11) is 0. The van der Waals surface area contributed by atoms with Crippen LogP contribution in [-0.4, -0.2) is 10.1 Å². The van der Waals surface area contributed by atoms with Gasteiger partial charge in [-0.3, -0.25) is 4.98 Å². The lowest BCUT2D eigenvalue weighted by molar-refractivity contribution is 0.477. The van der Waals surface area contributed by atoms with Gasteiger partial charge in [0.15, 0.2) is 0 Å². The first-order valence-electron chi connectivity index (χ1n) is 4.19. The fourth-order valence-corrected chi connectivity index (χ4v) is 1.27. The summed E-state index contributed by atoms with van der Waals surface area (Å²) in [5, 5.41) is 9.58. The molecule has 0 saturated carbocycles. The molecule has 0 aliphatic carbocycles. The number of rotatable bonds is 1. The molecule has 0 bridgehead atoms. The van der Waals surface area contributed by atoms with Gasteiger partial charge < -0.3 is 10.8 Å². The van der Waals surface area contributed by atoms with E-state index in [1.54, 1.807) is 30.5 Å². The molecule has 14 heavy (non-hydrogen) atoms. The summed E-state index contributed by atoms with van der Waals surface area (Å²) < 4.78 is 0. The molecule has 1 radical (unpaired) electrons. The minimum Gasteiger partial charge on any atom is -0.507 e. The minimum absolute atomic E-state index is 0.173. The molecule has 2 aromatic rings. The molecule has 3 heteroatoms. The second-order valence-corrected chi connectivity index (χ2v) is 2.87. The van der Waals surface area contributed by atoms with Gasteiger partial charge in [-0.05, 0) is 18.2 Å². The predicted molar refractivity (Wildman–Crippen MR) is 54.6 cm³/mol. The lowest BCUT2D eigenvalue weighted by Crippen LogP contribution is -1.92. The molecule has 1 aromatic carbocycles. The molecular weight excluding hydrogens is 176 g/mol. The smallest absolute Gasteiger partial charge is 0.125 e. The van der Waals surface area contributed by atoms with Crippen LogP contribution in [0.2, 0.25) is 0 Å². The predicted octanol–water partition coefficient (Wildman–Crippen LogP) is 1.84. The first-order valence-corrected chi connectivity index (χ1v) is 4.19. The SMILES string of the molecule is Nc1[c]ccnc1-c1ccccc1O. The van der Waals surface area contributed by atoms with E-state index in [2.05, 4.69) is 11.1 Å². The van der Waals surface area contributed by atoms with Crippen molar-refractivity contribution in [1.29, 1.82) is 0 Å². The lowest BCUT2D eigenvalue weighted by Gasteiger charge is -2.05.